The maximum atomic E-state index is 2.46. The third-order valence-electron chi connectivity index (χ3n) is 4.87. The van der Waals surface area contributed by atoms with Crippen molar-refractivity contribution in [1.82, 2.24) is 0 Å². The molecule has 0 nitrogen and oxygen atoms in total. The smallest absolute Gasteiger partial charge is 0.0358 e. The van der Waals surface area contributed by atoms with Crippen LogP contribution in [0.1, 0.15) is 102 Å². The molecule has 126 valence electrons. The van der Waals surface area contributed by atoms with Crippen molar-refractivity contribution in [1.29, 1.82) is 0 Å². The van der Waals surface area contributed by atoms with Crippen LogP contribution in [0.2, 0.25) is 0 Å². The number of hydrogen-bond donors (Lipinski definition) is 0. The predicted molar refractivity (Wildman–Crippen MR) is 98.3 cm³/mol. The Morgan fingerprint density at radius 3 is 1.10 bits per heavy atom. The fourth-order valence-electron chi connectivity index (χ4n) is 3.44. The zero-order chi connectivity index (χ0) is 16.7. The van der Waals surface area contributed by atoms with Crippen molar-refractivity contribution in [3.8, 4) is 0 Å². The second kappa shape index (κ2) is 17.1. The topological polar surface area (TPSA) is 0 Å². The molecule has 20 heavy (non-hydrogen) atoms. The molecule has 0 spiro atoms. The van der Waals surface area contributed by atoms with Crippen LogP contribution in [-0.4, -0.2) is 0 Å². The van der Waals surface area contributed by atoms with Crippen LogP contribution in [0, 0.1) is 29.6 Å². The molecule has 0 radical (unpaired) electrons. The molecular formula is C20H46. The van der Waals surface area contributed by atoms with E-state index in [1.807, 2.05) is 27.7 Å². The van der Waals surface area contributed by atoms with E-state index in [1.54, 1.807) is 0 Å². The maximum absolute atomic E-state index is 2.46. The van der Waals surface area contributed by atoms with Gasteiger partial charge in [0.05, 0.1) is 0 Å². The molecule has 0 saturated heterocycles. The Hall–Kier alpha value is 0. The van der Waals surface area contributed by atoms with E-state index in [1.165, 1.54) is 25.7 Å². The zero-order valence-corrected chi connectivity index (χ0v) is 16.7. The number of hydrogen-bond acceptors (Lipinski definition) is 0. The van der Waals surface area contributed by atoms with Gasteiger partial charge < -0.3 is 0 Å². The molecule has 0 aromatic carbocycles. The highest BCUT2D eigenvalue weighted by molar-refractivity contribution is 4.79. The molecule has 0 heterocycles. The molecule has 0 aliphatic rings. The Labute approximate surface area is 132 Å². The van der Waals surface area contributed by atoms with E-state index in [0.29, 0.717) is 0 Å². The molecule has 0 amide bonds. The molecule has 3 unspecified atom stereocenters. The van der Waals surface area contributed by atoms with E-state index in [0.717, 1.165) is 29.6 Å². The van der Waals surface area contributed by atoms with Crippen molar-refractivity contribution in [3.63, 3.8) is 0 Å². The molecule has 0 aromatic heterocycles. The van der Waals surface area contributed by atoms with E-state index >= 15 is 0 Å². The van der Waals surface area contributed by atoms with E-state index in [2.05, 4.69) is 48.5 Å². The molecule has 0 aliphatic carbocycles. The molecule has 0 heteroatoms. The fourth-order valence-corrected chi connectivity index (χ4v) is 3.44. The van der Waals surface area contributed by atoms with Gasteiger partial charge in [-0.25, -0.2) is 0 Å². The first kappa shape index (κ1) is 25.0. The Bertz CT molecular complexity index is 147. The molecule has 0 N–H and O–H groups in total. The Balaban J connectivity index is -0.000000656. The second-order valence-electron chi connectivity index (χ2n) is 5.82. The quantitative estimate of drug-likeness (QED) is 0.426. The van der Waals surface area contributed by atoms with Gasteiger partial charge in [0, 0.05) is 0 Å². The van der Waals surface area contributed by atoms with Gasteiger partial charge in [0.15, 0.2) is 0 Å². The summed E-state index contributed by atoms with van der Waals surface area (Å²) >= 11 is 0. The molecule has 0 bridgehead atoms. The van der Waals surface area contributed by atoms with Crippen LogP contribution in [0.3, 0.4) is 0 Å². The molecule has 0 fully saturated rings. The number of rotatable bonds is 8. The third-order valence-corrected chi connectivity index (χ3v) is 4.87. The minimum atomic E-state index is 0.827. The van der Waals surface area contributed by atoms with Gasteiger partial charge in [-0.15, -0.1) is 0 Å². The van der Waals surface area contributed by atoms with Crippen molar-refractivity contribution in [2.24, 2.45) is 29.6 Å². The van der Waals surface area contributed by atoms with Crippen LogP contribution in [-0.2, 0) is 0 Å². The van der Waals surface area contributed by atoms with Crippen molar-refractivity contribution in [3.05, 3.63) is 0 Å². The summed E-state index contributed by atoms with van der Waals surface area (Å²) in [5, 5.41) is 0. The lowest BCUT2D eigenvalue weighted by Gasteiger charge is -2.37. The van der Waals surface area contributed by atoms with Crippen LogP contribution in [0.4, 0.5) is 0 Å². The lowest BCUT2D eigenvalue weighted by molar-refractivity contribution is 0.124. The normalized spacial score (nSPS) is 14.8. The molecule has 0 aromatic rings. The molecule has 3 atom stereocenters. The van der Waals surface area contributed by atoms with E-state index in [-0.39, 0.29) is 0 Å². The first-order valence-corrected chi connectivity index (χ1v) is 9.53. The largest absolute Gasteiger partial charge is 0.0683 e. The van der Waals surface area contributed by atoms with E-state index in [9.17, 15) is 0 Å². The summed E-state index contributed by atoms with van der Waals surface area (Å²) in [5.41, 5.74) is 0. The third kappa shape index (κ3) is 9.03. The summed E-state index contributed by atoms with van der Waals surface area (Å²) in [4.78, 5) is 0. The van der Waals surface area contributed by atoms with Gasteiger partial charge in [-0.1, -0.05) is 102 Å². The molecule has 0 aliphatic heterocycles. The Kier molecular flexibility index (Phi) is 21.3. The Morgan fingerprint density at radius 2 is 0.900 bits per heavy atom. The molecular weight excluding hydrogens is 240 g/mol. The van der Waals surface area contributed by atoms with Crippen LogP contribution in [0.15, 0.2) is 0 Å². The van der Waals surface area contributed by atoms with Crippen LogP contribution >= 0.6 is 0 Å². The summed E-state index contributed by atoms with van der Waals surface area (Å²) in [6, 6.07) is 0. The van der Waals surface area contributed by atoms with Gasteiger partial charge in [0.2, 0.25) is 0 Å². The monoisotopic (exact) mass is 286 g/mol. The summed E-state index contributed by atoms with van der Waals surface area (Å²) in [6.07, 6.45) is 5.43. The van der Waals surface area contributed by atoms with Crippen molar-refractivity contribution >= 4 is 0 Å². The van der Waals surface area contributed by atoms with Gasteiger partial charge in [-0.05, 0) is 29.6 Å². The zero-order valence-electron chi connectivity index (χ0n) is 16.7. The van der Waals surface area contributed by atoms with Crippen LogP contribution in [0.25, 0.3) is 0 Å². The highest BCUT2D eigenvalue weighted by Crippen LogP contribution is 2.38. The standard InChI is InChI=1S/C16H34.2C2H6/c1-8-14(9-2)16(11-4)15(10-3)13(7)12(5)6;2*1-2/h12-16H,8-11H2,1-7H3;2*1-2H3. The van der Waals surface area contributed by atoms with Crippen LogP contribution in [0.5, 0.6) is 0 Å². The minimum Gasteiger partial charge on any atom is -0.0683 e. The highest BCUT2D eigenvalue weighted by atomic mass is 14.3. The van der Waals surface area contributed by atoms with Gasteiger partial charge in [-0.3, -0.25) is 0 Å². The van der Waals surface area contributed by atoms with Gasteiger partial charge in [-0.2, -0.15) is 0 Å². The van der Waals surface area contributed by atoms with E-state index in [4.69, 9.17) is 0 Å². The molecule has 0 rings (SSSR count). The van der Waals surface area contributed by atoms with Crippen molar-refractivity contribution in [2.45, 2.75) is 102 Å². The maximum Gasteiger partial charge on any atom is -0.0358 e. The summed E-state index contributed by atoms with van der Waals surface area (Å²) < 4.78 is 0. The lowest BCUT2D eigenvalue weighted by atomic mass is 9.68. The van der Waals surface area contributed by atoms with Crippen LogP contribution < -0.4 is 0 Å². The van der Waals surface area contributed by atoms with Gasteiger partial charge in [0.25, 0.3) is 0 Å². The first-order valence-electron chi connectivity index (χ1n) is 9.53. The van der Waals surface area contributed by atoms with Crippen molar-refractivity contribution in [2.75, 3.05) is 0 Å². The summed E-state index contributed by atoms with van der Waals surface area (Å²) in [7, 11) is 0. The van der Waals surface area contributed by atoms with Crippen molar-refractivity contribution < 1.29 is 0 Å². The SMILES string of the molecule is CC.CC.CCC(CC)C(CC)C(CC)C(C)C(C)C. The average molecular weight is 287 g/mol. The first-order chi connectivity index (χ1) is 9.53. The minimum absolute atomic E-state index is 0.827. The second-order valence-corrected chi connectivity index (χ2v) is 5.82. The highest BCUT2D eigenvalue weighted by Gasteiger charge is 2.29. The molecule has 0 saturated carbocycles. The van der Waals surface area contributed by atoms with E-state index < -0.39 is 0 Å². The van der Waals surface area contributed by atoms with Gasteiger partial charge in [0.1, 0.15) is 0 Å². The average Bonchev–Trinajstić information content (AvgIpc) is 2.50. The predicted octanol–water partition coefficient (Wildman–Crippen LogP) is 7.82. The summed E-state index contributed by atoms with van der Waals surface area (Å²) in [5.74, 6) is 4.51. The Morgan fingerprint density at radius 1 is 0.550 bits per heavy atom. The fraction of sp³-hybridized carbons (Fsp3) is 1.00. The summed E-state index contributed by atoms with van der Waals surface area (Å²) in [6.45, 7) is 24.7. The van der Waals surface area contributed by atoms with Gasteiger partial charge >= 0.3 is 0 Å². The lowest BCUT2D eigenvalue weighted by Crippen LogP contribution is -2.29.